The van der Waals surface area contributed by atoms with Crippen LogP contribution in [0.5, 0.6) is 0 Å². The molecular formula is H8LuN3O13. The molecule has 0 atom stereocenters. The van der Waals surface area contributed by atoms with E-state index in [1.165, 1.54) is 0 Å². The van der Waals surface area contributed by atoms with Crippen molar-refractivity contribution < 1.29 is 74.0 Å². The Morgan fingerprint density at radius 1 is 0.471 bits per heavy atom. The molecule has 0 aromatic carbocycles. The normalized spacial score (nSPS) is 4.24. The van der Waals surface area contributed by atoms with E-state index in [-0.39, 0.29) is 58.8 Å². The predicted octanol–water partition coefficient (Wildman–Crippen LogP) is -4.02. The summed E-state index contributed by atoms with van der Waals surface area (Å²) < 4.78 is 0. The number of nitrogens with zero attached hydrogens (tertiary/aromatic N) is 3. The second-order valence-electron chi connectivity index (χ2n) is 0.671. The molecule has 0 spiro atoms. The molecule has 0 saturated heterocycles. The van der Waals surface area contributed by atoms with Crippen molar-refractivity contribution in [3.63, 3.8) is 0 Å². The van der Waals surface area contributed by atoms with Crippen molar-refractivity contribution in [2.45, 2.75) is 0 Å². The van der Waals surface area contributed by atoms with Gasteiger partial charge in [-0.3, -0.25) is 0 Å². The van der Waals surface area contributed by atoms with Gasteiger partial charge in [-0.05, 0) is 0 Å². The molecular weight excluding hydrogens is 425 g/mol. The van der Waals surface area contributed by atoms with Gasteiger partial charge in [0.1, 0.15) is 0 Å². The molecule has 17 heteroatoms. The van der Waals surface area contributed by atoms with Crippen LogP contribution in [-0.4, -0.2) is 37.2 Å². The van der Waals surface area contributed by atoms with Crippen molar-refractivity contribution in [3.8, 4) is 0 Å². The fourth-order valence-corrected chi connectivity index (χ4v) is 0. The Hall–Kier alpha value is -1.33. The van der Waals surface area contributed by atoms with Crippen molar-refractivity contribution in [3.05, 3.63) is 46.0 Å². The van der Waals surface area contributed by atoms with Gasteiger partial charge in [0.2, 0.25) is 0 Å². The average molecular weight is 433 g/mol. The van der Waals surface area contributed by atoms with E-state index >= 15 is 0 Å². The van der Waals surface area contributed by atoms with Crippen LogP contribution in [0.2, 0.25) is 0 Å². The third-order valence-corrected chi connectivity index (χ3v) is 0. The Morgan fingerprint density at radius 3 is 0.471 bits per heavy atom. The maximum atomic E-state index is 8.25. The molecule has 0 aliphatic carbocycles. The topological polar surface area (TPSA) is 325 Å². The van der Waals surface area contributed by atoms with Gasteiger partial charge < -0.3 is 67.9 Å². The Bertz CT molecular complexity index is 114. The molecule has 0 unspecified atom stereocenters. The van der Waals surface area contributed by atoms with E-state index in [1.54, 1.807) is 0 Å². The van der Waals surface area contributed by atoms with Crippen LogP contribution in [0.3, 0.4) is 0 Å². The van der Waals surface area contributed by atoms with E-state index in [1.807, 2.05) is 0 Å². The van der Waals surface area contributed by atoms with Gasteiger partial charge in [0.15, 0.2) is 0 Å². The fourth-order valence-electron chi connectivity index (χ4n) is 0. The van der Waals surface area contributed by atoms with Gasteiger partial charge in [-0.2, -0.15) is 0 Å². The Balaban J connectivity index is -0.0000000104. The van der Waals surface area contributed by atoms with Crippen LogP contribution < -0.4 is 0 Å². The first kappa shape index (κ1) is 57.3. The minimum absolute atomic E-state index is 0. The second kappa shape index (κ2) is 46.6. The molecule has 0 bridgehead atoms. The third kappa shape index (κ3) is 1340. The summed E-state index contributed by atoms with van der Waals surface area (Å²) in [4.78, 5) is 24.8. The third-order valence-electron chi connectivity index (χ3n) is 0. The molecule has 0 aromatic rings. The first-order chi connectivity index (χ1) is 5.20. The monoisotopic (exact) mass is 433 g/mol. The van der Waals surface area contributed by atoms with Gasteiger partial charge in [-0.1, -0.05) is 0 Å². The predicted molar refractivity (Wildman–Crippen MR) is 45.5 cm³/mol. The molecule has 0 heterocycles. The molecule has 0 radical (unpaired) electrons. The van der Waals surface area contributed by atoms with Crippen molar-refractivity contribution in [2.24, 2.45) is 0 Å². The number of rotatable bonds is 0. The Labute approximate surface area is 120 Å². The van der Waals surface area contributed by atoms with Gasteiger partial charge in [-0.25, -0.2) is 0 Å². The zero-order chi connectivity index (χ0) is 10.7. The van der Waals surface area contributed by atoms with E-state index in [0.717, 1.165) is 0 Å². The SMILES string of the molecule is O.O.O.O.O=[N+]([O-])[O-].O=[N+]([O-])[O-].O=[N+]([O-])[O-].[Lu+3]. The van der Waals surface area contributed by atoms with Crippen LogP contribution in [0, 0.1) is 82.8 Å². The first-order valence-electron chi connectivity index (χ1n) is 1.64. The summed E-state index contributed by atoms with van der Waals surface area (Å²) in [6.07, 6.45) is 0. The van der Waals surface area contributed by atoms with Gasteiger partial charge >= 0.3 is 36.9 Å². The van der Waals surface area contributed by atoms with Crippen LogP contribution >= 0.6 is 0 Å². The maximum absolute atomic E-state index is 8.25. The number of hydrogen-bond acceptors (Lipinski definition) is 9. The quantitative estimate of drug-likeness (QED) is 0.265. The summed E-state index contributed by atoms with van der Waals surface area (Å²) in [6.45, 7) is 0. The summed E-state index contributed by atoms with van der Waals surface area (Å²) in [7, 11) is 0. The van der Waals surface area contributed by atoms with Gasteiger partial charge in [0.25, 0.3) is 0 Å². The van der Waals surface area contributed by atoms with Crippen LogP contribution in [0.25, 0.3) is 0 Å². The molecule has 0 aliphatic heterocycles. The van der Waals surface area contributed by atoms with Crippen LogP contribution in [-0.2, 0) is 0 Å². The summed E-state index contributed by atoms with van der Waals surface area (Å²) in [5.74, 6) is 0. The summed E-state index contributed by atoms with van der Waals surface area (Å²) in [5.41, 5.74) is 0. The van der Waals surface area contributed by atoms with Crippen molar-refractivity contribution in [1.82, 2.24) is 0 Å². The van der Waals surface area contributed by atoms with E-state index < -0.39 is 15.3 Å². The smallest absolute Gasteiger partial charge is 0.412 e. The summed E-state index contributed by atoms with van der Waals surface area (Å²) in [5, 5.41) is 44.2. The van der Waals surface area contributed by atoms with E-state index in [2.05, 4.69) is 0 Å². The van der Waals surface area contributed by atoms with E-state index in [4.69, 9.17) is 46.0 Å². The van der Waals surface area contributed by atoms with Crippen LogP contribution in [0.1, 0.15) is 0 Å². The minimum atomic E-state index is -1.75. The molecule has 8 N–H and O–H groups in total. The van der Waals surface area contributed by atoms with Gasteiger partial charge in [0, 0.05) is 0 Å². The molecule has 0 amide bonds. The first-order valence-corrected chi connectivity index (χ1v) is 1.64. The molecule has 0 aromatic heterocycles. The minimum Gasteiger partial charge on any atom is -0.412 e. The Morgan fingerprint density at radius 2 is 0.471 bits per heavy atom. The van der Waals surface area contributed by atoms with Crippen LogP contribution in [0.15, 0.2) is 0 Å². The molecule has 116 valence electrons. The van der Waals surface area contributed by atoms with E-state index in [9.17, 15) is 0 Å². The second-order valence-corrected chi connectivity index (χ2v) is 0.671. The summed E-state index contributed by atoms with van der Waals surface area (Å²) >= 11 is 0. The molecule has 16 nitrogen and oxygen atoms in total. The molecule has 0 saturated carbocycles. The molecule has 0 fully saturated rings. The zero-order valence-electron chi connectivity index (χ0n) is 7.27. The molecule has 0 aliphatic rings. The zero-order valence-corrected chi connectivity index (χ0v) is 8.93. The molecule has 0 rings (SSSR count). The number of hydrogen-bond donors (Lipinski definition) is 0. The molecule has 17 heavy (non-hydrogen) atoms. The van der Waals surface area contributed by atoms with Crippen molar-refractivity contribution in [1.29, 1.82) is 0 Å². The van der Waals surface area contributed by atoms with Crippen LogP contribution in [0.4, 0.5) is 0 Å². The average Bonchev–Trinajstić information content (AvgIpc) is 1.54. The van der Waals surface area contributed by atoms with Gasteiger partial charge in [-0.15, -0.1) is 0 Å². The largest absolute Gasteiger partial charge is 3.00 e. The summed E-state index contributed by atoms with van der Waals surface area (Å²) in [6, 6.07) is 0. The standard InChI is InChI=1S/Lu.3NO3.4H2O/c;3*2-1(3)4;;;;/h;;;;4*1H2/q+3;3*-1;;;;. The van der Waals surface area contributed by atoms with Crippen molar-refractivity contribution in [2.75, 3.05) is 0 Å². The maximum Gasteiger partial charge on any atom is 3.00 e. The fraction of sp³-hybridized carbons (Fsp3) is 0. The van der Waals surface area contributed by atoms with E-state index in [0.29, 0.717) is 0 Å². The Kier molecular flexibility index (Phi) is 157. The van der Waals surface area contributed by atoms with Crippen molar-refractivity contribution >= 4 is 0 Å². The van der Waals surface area contributed by atoms with Gasteiger partial charge in [0.05, 0.1) is 15.3 Å².